The van der Waals surface area contributed by atoms with Gasteiger partial charge in [0.05, 0.1) is 6.10 Å². The highest BCUT2D eigenvalue weighted by Crippen LogP contribution is 2.28. The minimum atomic E-state index is -0.524. The second-order valence-corrected chi connectivity index (χ2v) is 4.31. The predicted molar refractivity (Wildman–Crippen MR) is 53.4 cm³/mol. The first kappa shape index (κ1) is 10.6. The van der Waals surface area contributed by atoms with Crippen LogP contribution < -0.4 is 0 Å². The van der Waals surface area contributed by atoms with E-state index in [1.165, 1.54) is 12.1 Å². The standard InChI is InChI=1S/C12H14F2O/c13-10-4-9(5-11(14)7-10)3-8-1-2-12(15)6-8/h4-5,7-8,12,15H,1-3,6H2. The van der Waals surface area contributed by atoms with Crippen molar-refractivity contribution < 1.29 is 13.9 Å². The van der Waals surface area contributed by atoms with Crippen LogP contribution in [-0.2, 0) is 6.42 Å². The molecule has 0 spiro atoms. The molecule has 1 aliphatic rings. The van der Waals surface area contributed by atoms with Gasteiger partial charge in [-0.25, -0.2) is 8.78 Å². The molecule has 0 radical (unpaired) electrons. The van der Waals surface area contributed by atoms with Crippen molar-refractivity contribution in [2.24, 2.45) is 5.92 Å². The molecule has 0 bridgehead atoms. The third-order valence-electron chi connectivity index (χ3n) is 2.96. The number of aliphatic hydroxyl groups excluding tert-OH is 1. The third kappa shape index (κ3) is 2.75. The summed E-state index contributed by atoms with van der Waals surface area (Å²) >= 11 is 0. The van der Waals surface area contributed by atoms with Gasteiger partial charge in [-0.2, -0.15) is 0 Å². The van der Waals surface area contributed by atoms with Crippen LogP contribution in [0.15, 0.2) is 18.2 Å². The van der Waals surface area contributed by atoms with E-state index in [4.69, 9.17) is 0 Å². The van der Waals surface area contributed by atoms with E-state index >= 15 is 0 Å². The summed E-state index contributed by atoms with van der Waals surface area (Å²) in [7, 11) is 0. The Hall–Kier alpha value is -0.960. The molecule has 1 aromatic rings. The van der Waals surface area contributed by atoms with E-state index in [9.17, 15) is 13.9 Å². The summed E-state index contributed by atoms with van der Waals surface area (Å²) in [6.07, 6.45) is 2.93. The molecule has 1 aromatic carbocycles. The van der Waals surface area contributed by atoms with Crippen molar-refractivity contribution in [3.05, 3.63) is 35.4 Å². The Morgan fingerprint density at radius 2 is 1.80 bits per heavy atom. The van der Waals surface area contributed by atoms with Crippen molar-refractivity contribution in [3.63, 3.8) is 0 Å². The van der Waals surface area contributed by atoms with Crippen LogP contribution in [0, 0.1) is 17.6 Å². The largest absolute Gasteiger partial charge is 0.393 e. The smallest absolute Gasteiger partial charge is 0.126 e. The van der Waals surface area contributed by atoms with Crippen LogP contribution in [0.5, 0.6) is 0 Å². The second kappa shape index (κ2) is 4.27. The normalized spacial score (nSPS) is 25.8. The van der Waals surface area contributed by atoms with Gasteiger partial charge < -0.3 is 5.11 Å². The molecular formula is C12H14F2O. The van der Waals surface area contributed by atoms with Crippen molar-refractivity contribution >= 4 is 0 Å². The molecular weight excluding hydrogens is 198 g/mol. The SMILES string of the molecule is OC1CCC(Cc2cc(F)cc(F)c2)C1. The number of rotatable bonds is 2. The Bertz CT molecular complexity index is 331. The molecule has 1 fully saturated rings. The van der Waals surface area contributed by atoms with Crippen LogP contribution >= 0.6 is 0 Å². The highest BCUT2D eigenvalue weighted by Gasteiger charge is 2.22. The average molecular weight is 212 g/mol. The summed E-state index contributed by atoms with van der Waals surface area (Å²) in [5.74, 6) is -0.687. The molecule has 0 aliphatic heterocycles. The molecule has 0 saturated heterocycles. The molecule has 3 heteroatoms. The Morgan fingerprint density at radius 1 is 1.13 bits per heavy atom. The fourth-order valence-electron chi connectivity index (χ4n) is 2.30. The van der Waals surface area contributed by atoms with Gasteiger partial charge in [0.1, 0.15) is 11.6 Å². The fraction of sp³-hybridized carbons (Fsp3) is 0.500. The molecule has 1 saturated carbocycles. The van der Waals surface area contributed by atoms with E-state index in [0.717, 1.165) is 25.3 Å². The van der Waals surface area contributed by atoms with Gasteiger partial charge in [0.25, 0.3) is 0 Å². The van der Waals surface area contributed by atoms with Crippen molar-refractivity contribution in [3.8, 4) is 0 Å². The van der Waals surface area contributed by atoms with Crippen LogP contribution in [0.4, 0.5) is 8.78 Å². The van der Waals surface area contributed by atoms with Gasteiger partial charge in [-0.1, -0.05) is 0 Å². The highest BCUT2D eigenvalue weighted by atomic mass is 19.1. The molecule has 1 aliphatic carbocycles. The number of aliphatic hydroxyl groups is 1. The van der Waals surface area contributed by atoms with Crippen molar-refractivity contribution in [1.29, 1.82) is 0 Å². The van der Waals surface area contributed by atoms with E-state index in [-0.39, 0.29) is 6.10 Å². The first-order valence-electron chi connectivity index (χ1n) is 5.26. The van der Waals surface area contributed by atoms with Crippen molar-refractivity contribution in [1.82, 2.24) is 0 Å². The Labute approximate surface area is 87.7 Å². The summed E-state index contributed by atoms with van der Waals surface area (Å²) in [5.41, 5.74) is 0.687. The lowest BCUT2D eigenvalue weighted by atomic mass is 9.98. The lowest BCUT2D eigenvalue weighted by Crippen LogP contribution is -2.03. The molecule has 0 heterocycles. The summed E-state index contributed by atoms with van der Waals surface area (Å²) in [4.78, 5) is 0. The summed E-state index contributed by atoms with van der Waals surface area (Å²) in [6.45, 7) is 0. The monoisotopic (exact) mass is 212 g/mol. The summed E-state index contributed by atoms with van der Waals surface area (Å²) in [6, 6.07) is 3.62. The highest BCUT2D eigenvalue weighted by molar-refractivity contribution is 5.18. The fourth-order valence-corrected chi connectivity index (χ4v) is 2.30. The molecule has 15 heavy (non-hydrogen) atoms. The van der Waals surface area contributed by atoms with E-state index in [0.29, 0.717) is 17.9 Å². The van der Waals surface area contributed by atoms with E-state index < -0.39 is 11.6 Å². The quantitative estimate of drug-likeness (QED) is 0.799. The van der Waals surface area contributed by atoms with E-state index in [2.05, 4.69) is 0 Å². The molecule has 82 valence electrons. The number of hydrogen-bond acceptors (Lipinski definition) is 1. The molecule has 1 N–H and O–H groups in total. The van der Waals surface area contributed by atoms with Crippen LogP contribution in [-0.4, -0.2) is 11.2 Å². The minimum Gasteiger partial charge on any atom is -0.393 e. The van der Waals surface area contributed by atoms with Gasteiger partial charge in [-0.15, -0.1) is 0 Å². The van der Waals surface area contributed by atoms with E-state index in [1.807, 2.05) is 0 Å². The van der Waals surface area contributed by atoms with Gasteiger partial charge in [-0.3, -0.25) is 0 Å². The molecule has 2 atom stereocenters. The predicted octanol–water partition coefficient (Wildman–Crippen LogP) is 2.67. The zero-order valence-electron chi connectivity index (χ0n) is 8.42. The van der Waals surface area contributed by atoms with Crippen LogP contribution in [0.2, 0.25) is 0 Å². The lowest BCUT2D eigenvalue weighted by Gasteiger charge is -2.09. The maximum Gasteiger partial charge on any atom is 0.126 e. The van der Waals surface area contributed by atoms with Gasteiger partial charge in [0.15, 0.2) is 0 Å². The number of hydrogen-bond donors (Lipinski definition) is 1. The maximum absolute atomic E-state index is 12.9. The minimum absolute atomic E-state index is 0.228. The van der Waals surface area contributed by atoms with Gasteiger partial charge in [0, 0.05) is 6.07 Å². The van der Waals surface area contributed by atoms with Gasteiger partial charge >= 0.3 is 0 Å². The molecule has 1 nitrogen and oxygen atoms in total. The van der Waals surface area contributed by atoms with Crippen LogP contribution in [0.1, 0.15) is 24.8 Å². The van der Waals surface area contributed by atoms with Crippen molar-refractivity contribution in [2.75, 3.05) is 0 Å². The Kier molecular flexibility index (Phi) is 3.00. The first-order valence-corrected chi connectivity index (χ1v) is 5.26. The number of halogens is 2. The zero-order chi connectivity index (χ0) is 10.8. The zero-order valence-corrected chi connectivity index (χ0v) is 8.42. The lowest BCUT2D eigenvalue weighted by molar-refractivity contribution is 0.177. The van der Waals surface area contributed by atoms with Crippen molar-refractivity contribution in [2.45, 2.75) is 31.8 Å². The topological polar surface area (TPSA) is 20.2 Å². The number of benzene rings is 1. The summed E-state index contributed by atoms with van der Waals surface area (Å²) < 4.78 is 25.8. The summed E-state index contributed by atoms with van der Waals surface area (Å²) in [5, 5.41) is 9.34. The maximum atomic E-state index is 12.9. The Balaban J connectivity index is 2.04. The van der Waals surface area contributed by atoms with Gasteiger partial charge in [-0.05, 0) is 49.3 Å². The molecule has 0 amide bonds. The molecule has 2 rings (SSSR count). The van der Waals surface area contributed by atoms with E-state index in [1.54, 1.807) is 0 Å². The third-order valence-corrected chi connectivity index (χ3v) is 2.96. The molecule has 2 unspecified atom stereocenters. The first-order chi connectivity index (χ1) is 7.13. The average Bonchev–Trinajstić information content (AvgIpc) is 2.49. The van der Waals surface area contributed by atoms with Crippen LogP contribution in [0.3, 0.4) is 0 Å². The van der Waals surface area contributed by atoms with Gasteiger partial charge in [0.2, 0.25) is 0 Å². The molecule has 0 aromatic heterocycles. The Morgan fingerprint density at radius 3 is 2.33 bits per heavy atom. The van der Waals surface area contributed by atoms with Crippen LogP contribution in [0.25, 0.3) is 0 Å². The second-order valence-electron chi connectivity index (χ2n) is 4.31.